The van der Waals surface area contributed by atoms with Gasteiger partial charge >= 0.3 is 0 Å². The fourth-order valence-electron chi connectivity index (χ4n) is 2.40. The summed E-state index contributed by atoms with van der Waals surface area (Å²) in [5, 5.41) is 9.78. The Morgan fingerprint density at radius 1 is 0.960 bits per heavy atom. The molecule has 0 aliphatic heterocycles. The van der Waals surface area contributed by atoms with Crippen molar-refractivity contribution in [2.24, 2.45) is 0 Å². The van der Waals surface area contributed by atoms with E-state index in [0.29, 0.717) is 17.8 Å². The molecular weight excluding hydrogens is 316 g/mol. The number of amides is 2. The van der Waals surface area contributed by atoms with E-state index in [-0.39, 0.29) is 17.5 Å². The lowest BCUT2D eigenvalue weighted by Crippen LogP contribution is -2.24. The molecule has 0 unspecified atom stereocenters. The molecule has 0 spiro atoms. The molecule has 2 aromatic carbocycles. The number of para-hydroxylation sites is 2. The number of rotatable bonds is 5. The van der Waals surface area contributed by atoms with E-state index in [1.807, 2.05) is 37.3 Å². The van der Waals surface area contributed by atoms with Gasteiger partial charge in [-0.3, -0.25) is 9.59 Å². The Labute approximate surface area is 145 Å². The van der Waals surface area contributed by atoms with Gasteiger partial charge in [-0.15, -0.1) is 0 Å². The number of nitrogens with zero attached hydrogens (tertiary/aromatic N) is 2. The predicted molar refractivity (Wildman–Crippen MR) is 96.0 cm³/mol. The van der Waals surface area contributed by atoms with Gasteiger partial charge in [-0.05, 0) is 37.3 Å². The zero-order valence-electron chi connectivity index (χ0n) is 13.8. The molecule has 0 aliphatic rings. The molecule has 1 aromatic heterocycles. The molecule has 0 bridgehead atoms. The zero-order chi connectivity index (χ0) is 17.6. The highest BCUT2D eigenvalue weighted by atomic mass is 16.2. The van der Waals surface area contributed by atoms with Crippen LogP contribution in [0.1, 0.15) is 27.8 Å². The number of carbonyl (C=O) groups excluding carboxylic acids is 2. The third-order valence-corrected chi connectivity index (χ3v) is 3.60. The number of carbonyl (C=O) groups is 2. The maximum atomic E-state index is 12.5. The Kier molecular flexibility index (Phi) is 4.89. The molecule has 2 amide bonds. The minimum Gasteiger partial charge on any atom is -0.352 e. The van der Waals surface area contributed by atoms with Crippen molar-refractivity contribution in [2.75, 3.05) is 11.9 Å². The second-order valence-electron chi connectivity index (χ2n) is 5.34. The molecule has 25 heavy (non-hydrogen) atoms. The van der Waals surface area contributed by atoms with Gasteiger partial charge in [-0.25, -0.2) is 4.68 Å². The number of nitrogens with one attached hydrogen (secondary N) is 2. The Morgan fingerprint density at radius 2 is 1.68 bits per heavy atom. The number of hydrogen-bond acceptors (Lipinski definition) is 3. The third kappa shape index (κ3) is 3.74. The maximum Gasteiger partial charge on any atom is 0.276 e. The summed E-state index contributed by atoms with van der Waals surface area (Å²) in [6, 6.07) is 18.0. The van der Waals surface area contributed by atoms with E-state index in [4.69, 9.17) is 0 Å². The quantitative estimate of drug-likeness (QED) is 0.753. The summed E-state index contributed by atoms with van der Waals surface area (Å²) in [6.07, 6.45) is 1.72. The van der Waals surface area contributed by atoms with Gasteiger partial charge in [0.05, 0.1) is 16.9 Å². The number of anilines is 1. The molecule has 6 heteroatoms. The van der Waals surface area contributed by atoms with Crippen molar-refractivity contribution in [3.8, 4) is 5.69 Å². The molecule has 0 radical (unpaired) electrons. The van der Waals surface area contributed by atoms with Crippen LogP contribution in [0.2, 0.25) is 0 Å². The third-order valence-electron chi connectivity index (χ3n) is 3.60. The van der Waals surface area contributed by atoms with Crippen molar-refractivity contribution in [3.63, 3.8) is 0 Å². The minimum atomic E-state index is -0.369. The lowest BCUT2D eigenvalue weighted by Gasteiger charge is -2.09. The average Bonchev–Trinajstić information content (AvgIpc) is 3.13. The van der Waals surface area contributed by atoms with Gasteiger partial charge < -0.3 is 10.6 Å². The summed E-state index contributed by atoms with van der Waals surface area (Å²) in [4.78, 5) is 24.6. The van der Waals surface area contributed by atoms with Crippen molar-refractivity contribution in [1.29, 1.82) is 0 Å². The monoisotopic (exact) mass is 334 g/mol. The van der Waals surface area contributed by atoms with E-state index < -0.39 is 0 Å². The Morgan fingerprint density at radius 3 is 2.44 bits per heavy atom. The predicted octanol–water partition coefficient (Wildman–Crippen LogP) is 2.87. The van der Waals surface area contributed by atoms with Crippen LogP contribution in [0.15, 0.2) is 66.9 Å². The highest BCUT2D eigenvalue weighted by molar-refractivity contribution is 6.08. The summed E-state index contributed by atoms with van der Waals surface area (Å²) in [6.45, 7) is 2.36. The molecule has 126 valence electrons. The first-order chi connectivity index (χ1) is 12.2. The number of hydrogen-bond donors (Lipinski definition) is 2. The standard InChI is InChI=1S/C19H18N4O2/c1-2-20-18(24)15-10-6-7-11-16(15)21-19(25)17-12-13-23(22-17)14-8-4-3-5-9-14/h3-13H,2H2,1H3,(H,20,24)(H,21,25). The molecule has 6 nitrogen and oxygen atoms in total. The summed E-state index contributed by atoms with van der Waals surface area (Å²) in [7, 11) is 0. The Balaban J connectivity index is 1.80. The highest BCUT2D eigenvalue weighted by Gasteiger charge is 2.15. The second kappa shape index (κ2) is 7.44. The summed E-state index contributed by atoms with van der Waals surface area (Å²) >= 11 is 0. The van der Waals surface area contributed by atoms with E-state index in [0.717, 1.165) is 5.69 Å². The zero-order valence-corrected chi connectivity index (χ0v) is 13.8. The van der Waals surface area contributed by atoms with Crippen LogP contribution in [-0.2, 0) is 0 Å². The van der Waals surface area contributed by atoms with Crippen molar-refractivity contribution in [2.45, 2.75) is 6.92 Å². The molecule has 1 heterocycles. The van der Waals surface area contributed by atoms with Crippen molar-refractivity contribution in [1.82, 2.24) is 15.1 Å². The van der Waals surface area contributed by atoms with Gasteiger partial charge in [-0.1, -0.05) is 30.3 Å². The smallest absolute Gasteiger partial charge is 0.276 e. The molecule has 0 saturated carbocycles. The van der Waals surface area contributed by atoms with Crippen LogP contribution in [0.3, 0.4) is 0 Å². The van der Waals surface area contributed by atoms with Gasteiger partial charge in [0.25, 0.3) is 11.8 Å². The average molecular weight is 334 g/mol. The molecular formula is C19H18N4O2. The number of aromatic nitrogens is 2. The van der Waals surface area contributed by atoms with E-state index in [1.165, 1.54) is 0 Å². The first-order valence-electron chi connectivity index (χ1n) is 7.98. The highest BCUT2D eigenvalue weighted by Crippen LogP contribution is 2.16. The van der Waals surface area contributed by atoms with E-state index >= 15 is 0 Å². The Bertz CT molecular complexity index is 887. The van der Waals surface area contributed by atoms with Gasteiger partial charge in [0, 0.05) is 12.7 Å². The topological polar surface area (TPSA) is 76.0 Å². The van der Waals surface area contributed by atoms with Crippen LogP contribution in [0, 0.1) is 0 Å². The molecule has 0 aliphatic carbocycles. The second-order valence-corrected chi connectivity index (χ2v) is 5.34. The first-order valence-corrected chi connectivity index (χ1v) is 7.98. The van der Waals surface area contributed by atoms with Gasteiger partial charge in [0.1, 0.15) is 0 Å². The van der Waals surface area contributed by atoms with E-state index in [9.17, 15) is 9.59 Å². The van der Waals surface area contributed by atoms with Crippen LogP contribution >= 0.6 is 0 Å². The van der Waals surface area contributed by atoms with Crippen LogP contribution in [0.4, 0.5) is 5.69 Å². The van der Waals surface area contributed by atoms with Crippen molar-refractivity contribution < 1.29 is 9.59 Å². The molecule has 3 rings (SSSR count). The minimum absolute atomic E-state index is 0.229. The van der Waals surface area contributed by atoms with Crippen LogP contribution in [0.25, 0.3) is 5.69 Å². The van der Waals surface area contributed by atoms with Gasteiger partial charge in [0.15, 0.2) is 5.69 Å². The SMILES string of the molecule is CCNC(=O)c1ccccc1NC(=O)c1ccn(-c2ccccc2)n1. The molecule has 0 fully saturated rings. The van der Waals surface area contributed by atoms with Crippen molar-refractivity contribution >= 4 is 17.5 Å². The molecule has 2 N–H and O–H groups in total. The first kappa shape index (κ1) is 16.4. The summed E-state index contributed by atoms with van der Waals surface area (Å²) < 4.78 is 1.63. The molecule has 0 saturated heterocycles. The van der Waals surface area contributed by atoms with Crippen molar-refractivity contribution in [3.05, 3.63) is 78.1 Å². The normalized spacial score (nSPS) is 10.3. The van der Waals surface area contributed by atoms with Crippen LogP contribution in [-0.4, -0.2) is 28.1 Å². The summed E-state index contributed by atoms with van der Waals surface area (Å²) in [5.41, 5.74) is 2.01. The van der Waals surface area contributed by atoms with Crippen LogP contribution < -0.4 is 10.6 Å². The summed E-state index contributed by atoms with van der Waals surface area (Å²) in [5.74, 6) is -0.598. The Hall–Kier alpha value is -3.41. The van der Waals surface area contributed by atoms with Crippen LogP contribution in [0.5, 0.6) is 0 Å². The van der Waals surface area contributed by atoms with E-state index in [2.05, 4.69) is 15.7 Å². The van der Waals surface area contributed by atoms with Gasteiger partial charge in [0.2, 0.25) is 0 Å². The number of benzene rings is 2. The van der Waals surface area contributed by atoms with Gasteiger partial charge in [-0.2, -0.15) is 5.10 Å². The fourth-order valence-corrected chi connectivity index (χ4v) is 2.40. The molecule has 0 atom stereocenters. The van der Waals surface area contributed by atoms with E-state index in [1.54, 1.807) is 41.2 Å². The lowest BCUT2D eigenvalue weighted by atomic mass is 10.1. The maximum absolute atomic E-state index is 12.5. The fraction of sp³-hybridized carbons (Fsp3) is 0.105. The molecule has 3 aromatic rings. The largest absolute Gasteiger partial charge is 0.352 e. The lowest BCUT2D eigenvalue weighted by molar-refractivity contribution is 0.0956.